The first-order valence-electron chi connectivity index (χ1n) is 8.39. The molecular formula is C21H26O4. The lowest BCUT2D eigenvalue weighted by atomic mass is 9.76. The van der Waals surface area contributed by atoms with Crippen molar-refractivity contribution in [3.63, 3.8) is 0 Å². The number of benzene rings is 2. The number of phenols is 2. The maximum absolute atomic E-state index is 12.0. The van der Waals surface area contributed by atoms with Crippen molar-refractivity contribution in [2.24, 2.45) is 0 Å². The van der Waals surface area contributed by atoms with Crippen molar-refractivity contribution >= 4 is 5.97 Å². The Bertz CT molecular complexity index is 777. The van der Waals surface area contributed by atoms with Crippen LogP contribution in [0.1, 0.15) is 46.7 Å². The number of carboxylic acid groups (broad SMARTS) is 1. The molecule has 0 heterocycles. The summed E-state index contributed by atoms with van der Waals surface area (Å²) in [4.78, 5) is 12.0. The van der Waals surface area contributed by atoms with E-state index in [0.717, 1.165) is 16.7 Å². The van der Waals surface area contributed by atoms with Gasteiger partial charge in [-0.2, -0.15) is 0 Å². The van der Waals surface area contributed by atoms with Crippen molar-refractivity contribution in [3.8, 4) is 11.5 Å². The largest absolute Gasteiger partial charge is 0.507 e. The second kappa shape index (κ2) is 6.79. The van der Waals surface area contributed by atoms with Crippen LogP contribution in [0, 0.1) is 27.7 Å². The van der Waals surface area contributed by atoms with Crippen LogP contribution in [-0.4, -0.2) is 21.3 Å². The van der Waals surface area contributed by atoms with E-state index in [-0.39, 0.29) is 11.5 Å². The van der Waals surface area contributed by atoms with Crippen molar-refractivity contribution < 1.29 is 20.1 Å². The molecule has 2 aromatic carbocycles. The molecule has 0 aromatic heterocycles. The minimum absolute atomic E-state index is 0.210. The van der Waals surface area contributed by atoms with E-state index in [1.54, 1.807) is 32.9 Å². The number of hydrogen-bond donors (Lipinski definition) is 3. The van der Waals surface area contributed by atoms with E-state index in [4.69, 9.17) is 0 Å². The molecule has 0 amide bonds. The van der Waals surface area contributed by atoms with Gasteiger partial charge < -0.3 is 15.3 Å². The van der Waals surface area contributed by atoms with Crippen LogP contribution < -0.4 is 0 Å². The molecule has 0 saturated carbocycles. The van der Waals surface area contributed by atoms with E-state index in [1.165, 1.54) is 0 Å². The molecule has 0 aliphatic rings. The van der Waals surface area contributed by atoms with Gasteiger partial charge >= 0.3 is 5.97 Å². The molecule has 0 saturated heterocycles. The second-order valence-electron chi connectivity index (χ2n) is 7.17. The molecule has 134 valence electrons. The first-order valence-corrected chi connectivity index (χ1v) is 8.39. The summed E-state index contributed by atoms with van der Waals surface area (Å²) in [5.74, 6) is -0.389. The molecule has 0 aliphatic heterocycles. The fraction of sp³-hybridized carbons (Fsp3) is 0.381. The monoisotopic (exact) mass is 342 g/mol. The van der Waals surface area contributed by atoms with Crippen molar-refractivity contribution in [2.75, 3.05) is 0 Å². The predicted octanol–water partition coefficient (Wildman–Crippen LogP) is 4.31. The number of phenolic OH excluding ortho intramolecular Hbond substituents is 2. The molecule has 25 heavy (non-hydrogen) atoms. The number of carboxylic acids is 1. The highest BCUT2D eigenvalue weighted by atomic mass is 16.4. The molecule has 4 heteroatoms. The van der Waals surface area contributed by atoms with Crippen molar-refractivity contribution in [1.29, 1.82) is 0 Å². The number of aryl methyl sites for hydroxylation is 5. The summed E-state index contributed by atoms with van der Waals surface area (Å²) in [7, 11) is 0. The van der Waals surface area contributed by atoms with Gasteiger partial charge in [0, 0.05) is 0 Å². The van der Waals surface area contributed by atoms with Crippen LogP contribution in [0.15, 0.2) is 24.3 Å². The third-order valence-corrected chi connectivity index (χ3v) is 5.06. The Kier molecular flexibility index (Phi) is 5.12. The topological polar surface area (TPSA) is 77.8 Å². The van der Waals surface area contributed by atoms with Gasteiger partial charge in [-0.25, -0.2) is 0 Å². The van der Waals surface area contributed by atoms with Crippen molar-refractivity contribution in [3.05, 3.63) is 57.6 Å². The van der Waals surface area contributed by atoms with Crippen molar-refractivity contribution in [2.45, 2.75) is 52.9 Å². The lowest BCUT2D eigenvalue weighted by molar-refractivity contribution is -0.143. The van der Waals surface area contributed by atoms with Crippen LogP contribution in [-0.2, 0) is 16.6 Å². The van der Waals surface area contributed by atoms with Gasteiger partial charge in [0.25, 0.3) is 0 Å². The fourth-order valence-corrected chi connectivity index (χ4v) is 3.23. The average molecular weight is 342 g/mol. The molecule has 2 aromatic rings. The molecule has 1 unspecified atom stereocenters. The highest BCUT2D eigenvalue weighted by Crippen LogP contribution is 2.35. The predicted molar refractivity (Wildman–Crippen MR) is 98.5 cm³/mol. The molecule has 0 bridgehead atoms. The Morgan fingerprint density at radius 3 is 1.68 bits per heavy atom. The van der Waals surface area contributed by atoms with Crippen LogP contribution in [0.2, 0.25) is 0 Å². The lowest BCUT2D eigenvalue weighted by Crippen LogP contribution is -2.33. The standard InChI is InChI=1S/C21H26O4/c1-12-8-16(9-13(2)18(12)22)6-7-21(5,20(24)25)17-10-14(3)19(23)15(4)11-17/h8-11,22-23H,6-7H2,1-5H3,(H,24,25). The van der Waals surface area contributed by atoms with E-state index < -0.39 is 11.4 Å². The molecule has 0 aliphatic carbocycles. The molecule has 0 spiro atoms. The van der Waals surface area contributed by atoms with Crippen LogP contribution in [0.25, 0.3) is 0 Å². The maximum Gasteiger partial charge on any atom is 0.313 e. The van der Waals surface area contributed by atoms with E-state index in [1.807, 2.05) is 26.0 Å². The number of aromatic hydroxyl groups is 2. The van der Waals surface area contributed by atoms with Crippen LogP contribution in [0.4, 0.5) is 0 Å². The summed E-state index contributed by atoms with van der Waals surface area (Å²) in [6.07, 6.45) is 1.01. The third-order valence-electron chi connectivity index (χ3n) is 5.06. The van der Waals surface area contributed by atoms with E-state index in [0.29, 0.717) is 29.5 Å². The molecule has 2 rings (SSSR count). The molecular weight excluding hydrogens is 316 g/mol. The Morgan fingerprint density at radius 2 is 1.28 bits per heavy atom. The maximum atomic E-state index is 12.0. The van der Waals surface area contributed by atoms with Gasteiger partial charge in [0.15, 0.2) is 0 Å². The summed E-state index contributed by atoms with van der Waals surface area (Å²) in [6.45, 7) is 8.96. The molecule has 4 nitrogen and oxygen atoms in total. The highest BCUT2D eigenvalue weighted by molar-refractivity contribution is 5.81. The number of carbonyl (C=O) groups is 1. The molecule has 0 radical (unpaired) electrons. The van der Waals surface area contributed by atoms with Gasteiger partial charge in [0.1, 0.15) is 11.5 Å². The van der Waals surface area contributed by atoms with E-state index in [2.05, 4.69) is 0 Å². The smallest absolute Gasteiger partial charge is 0.313 e. The fourth-order valence-electron chi connectivity index (χ4n) is 3.23. The van der Waals surface area contributed by atoms with Gasteiger partial charge in [-0.1, -0.05) is 24.3 Å². The number of hydrogen-bond acceptors (Lipinski definition) is 3. The van der Waals surface area contributed by atoms with Gasteiger partial charge in [-0.05, 0) is 80.8 Å². The first kappa shape index (κ1) is 18.8. The summed E-state index contributed by atoms with van der Waals surface area (Å²) in [6, 6.07) is 7.31. The Hall–Kier alpha value is -2.49. The molecule has 1 atom stereocenters. The van der Waals surface area contributed by atoms with Gasteiger partial charge in [-0.3, -0.25) is 4.79 Å². The minimum atomic E-state index is -1.05. The normalized spacial score (nSPS) is 13.5. The SMILES string of the molecule is Cc1cc(CCC(C)(C(=O)O)c2cc(C)c(O)c(C)c2)cc(C)c1O. The van der Waals surface area contributed by atoms with E-state index >= 15 is 0 Å². The van der Waals surface area contributed by atoms with Crippen LogP contribution in [0.5, 0.6) is 11.5 Å². The first-order chi connectivity index (χ1) is 11.6. The zero-order chi connectivity index (χ0) is 18.9. The van der Waals surface area contributed by atoms with Gasteiger partial charge in [-0.15, -0.1) is 0 Å². The zero-order valence-electron chi connectivity index (χ0n) is 15.5. The number of rotatable bonds is 5. The Balaban J connectivity index is 2.37. The Morgan fingerprint density at radius 1 is 0.880 bits per heavy atom. The minimum Gasteiger partial charge on any atom is -0.507 e. The zero-order valence-corrected chi connectivity index (χ0v) is 15.5. The summed E-state index contributed by atoms with van der Waals surface area (Å²) in [5.41, 5.74) is 3.60. The van der Waals surface area contributed by atoms with Crippen molar-refractivity contribution in [1.82, 2.24) is 0 Å². The summed E-state index contributed by atoms with van der Waals surface area (Å²) < 4.78 is 0. The Labute approximate surface area is 148 Å². The van der Waals surface area contributed by atoms with Gasteiger partial charge in [0.2, 0.25) is 0 Å². The molecule has 3 N–H and O–H groups in total. The highest BCUT2D eigenvalue weighted by Gasteiger charge is 2.35. The quantitative estimate of drug-likeness (QED) is 0.757. The average Bonchev–Trinajstić information content (AvgIpc) is 2.54. The lowest BCUT2D eigenvalue weighted by Gasteiger charge is -2.27. The second-order valence-corrected chi connectivity index (χ2v) is 7.17. The number of aliphatic carboxylic acids is 1. The summed E-state index contributed by atoms with van der Waals surface area (Å²) in [5, 5.41) is 29.7. The van der Waals surface area contributed by atoms with Crippen LogP contribution >= 0.6 is 0 Å². The molecule has 0 fully saturated rings. The van der Waals surface area contributed by atoms with E-state index in [9.17, 15) is 20.1 Å². The van der Waals surface area contributed by atoms with Crippen LogP contribution in [0.3, 0.4) is 0 Å². The van der Waals surface area contributed by atoms with Gasteiger partial charge in [0.05, 0.1) is 5.41 Å². The summed E-state index contributed by atoms with van der Waals surface area (Å²) >= 11 is 0. The third kappa shape index (κ3) is 3.63.